The number of amides is 2. The molecule has 2 amide bonds. The molecule has 1 saturated heterocycles. The van der Waals surface area contributed by atoms with Gasteiger partial charge in [0.15, 0.2) is 0 Å². The molecule has 20 heavy (non-hydrogen) atoms. The van der Waals surface area contributed by atoms with Crippen molar-refractivity contribution in [1.29, 1.82) is 0 Å². The summed E-state index contributed by atoms with van der Waals surface area (Å²) in [4.78, 5) is 24.8. The van der Waals surface area contributed by atoms with Gasteiger partial charge in [-0.3, -0.25) is 9.59 Å². The number of hydrogen-bond acceptors (Lipinski definition) is 3. The van der Waals surface area contributed by atoms with E-state index in [0.717, 1.165) is 0 Å². The van der Waals surface area contributed by atoms with Gasteiger partial charge in [-0.25, -0.2) is 4.39 Å². The van der Waals surface area contributed by atoms with E-state index in [2.05, 4.69) is 5.32 Å². The van der Waals surface area contributed by atoms with Crippen LogP contribution < -0.4 is 11.1 Å². The molecule has 6 heteroatoms. The van der Waals surface area contributed by atoms with E-state index < -0.39 is 5.41 Å². The van der Waals surface area contributed by atoms with Crippen molar-refractivity contribution in [1.82, 2.24) is 4.90 Å². The molecule has 108 valence electrons. The lowest BCUT2D eigenvalue weighted by Gasteiger charge is -2.45. The summed E-state index contributed by atoms with van der Waals surface area (Å²) < 4.78 is 13.0. The maximum absolute atomic E-state index is 13.0. The number of benzene rings is 1. The number of likely N-dealkylation sites (tertiary alicyclic amines) is 1. The van der Waals surface area contributed by atoms with Crippen molar-refractivity contribution in [2.24, 2.45) is 11.1 Å². The Bertz CT molecular complexity index is 527. The van der Waals surface area contributed by atoms with E-state index in [-0.39, 0.29) is 17.6 Å². The van der Waals surface area contributed by atoms with Gasteiger partial charge in [0, 0.05) is 31.7 Å². The number of nitrogens with one attached hydrogen (secondary N) is 1. The molecule has 0 bridgehead atoms. The minimum Gasteiger partial charge on any atom is -0.369 e. The molecule has 0 saturated carbocycles. The Balaban J connectivity index is 1.73. The lowest BCUT2D eigenvalue weighted by Crippen LogP contribution is -2.60. The second-order valence-electron chi connectivity index (χ2n) is 5.44. The van der Waals surface area contributed by atoms with Crippen LogP contribution in [0.15, 0.2) is 24.3 Å². The number of nitrogens with zero attached hydrogens (tertiary/aromatic N) is 1. The van der Waals surface area contributed by atoms with Gasteiger partial charge in [0.2, 0.25) is 11.8 Å². The summed E-state index contributed by atoms with van der Waals surface area (Å²) in [5.74, 6) is -0.871. The highest BCUT2D eigenvalue weighted by atomic mass is 19.1. The number of nitrogens with two attached hydrogens (primary N) is 1. The summed E-state index contributed by atoms with van der Waals surface area (Å²) in [5.41, 5.74) is 5.26. The highest BCUT2D eigenvalue weighted by molar-refractivity contribution is 5.90. The maximum atomic E-state index is 13.0. The maximum Gasteiger partial charge on any atom is 0.225 e. The van der Waals surface area contributed by atoms with Gasteiger partial charge in [0.1, 0.15) is 5.82 Å². The van der Waals surface area contributed by atoms with Crippen molar-refractivity contribution in [3.8, 4) is 0 Å². The topological polar surface area (TPSA) is 75.4 Å². The molecule has 3 N–H and O–H groups in total. The molecule has 0 radical (unpaired) electrons. The first-order valence-corrected chi connectivity index (χ1v) is 6.47. The molecular formula is C14H18FN3O2. The first kappa shape index (κ1) is 14.5. The van der Waals surface area contributed by atoms with E-state index in [1.807, 2.05) is 11.8 Å². The van der Waals surface area contributed by atoms with Gasteiger partial charge in [0.05, 0.1) is 5.41 Å². The number of hydrogen-bond donors (Lipinski definition) is 2. The van der Waals surface area contributed by atoms with Crippen LogP contribution in [0.1, 0.15) is 13.3 Å². The second kappa shape index (κ2) is 5.58. The number of rotatable bonds is 5. The molecule has 1 aromatic carbocycles. The van der Waals surface area contributed by atoms with E-state index in [9.17, 15) is 14.0 Å². The minimum atomic E-state index is -0.473. The molecular weight excluding hydrogens is 261 g/mol. The van der Waals surface area contributed by atoms with Crippen molar-refractivity contribution in [2.75, 3.05) is 25.0 Å². The van der Waals surface area contributed by atoms with Gasteiger partial charge in [-0.2, -0.15) is 0 Å². The first-order chi connectivity index (χ1) is 9.39. The van der Waals surface area contributed by atoms with Crippen LogP contribution in [0, 0.1) is 11.2 Å². The van der Waals surface area contributed by atoms with Crippen LogP contribution in [0.2, 0.25) is 0 Å². The number of carbonyl (C=O) groups is 2. The monoisotopic (exact) mass is 279 g/mol. The lowest BCUT2D eigenvalue weighted by atomic mass is 9.81. The minimum absolute atomic E-state index is 0.178. The number of anilines is 1. The number of carbonyl (C=O) groups excluding carboxylic acids is 2. The molecule has 0 unspecified atom stereocenters. The number of primary amides is 1. The van der Waals surface area contributed by atoms with Crippen molar-refractivity contribution in [3.63, 3.8) is 0 Å². The highest BCUT2D eigenvalue weighted by Gasteiger charge is 2.43. The molecule has 1 fully saturated rings. The Morgan fingerprint density at radius 1 is 1.45 bits per heavy atom. The van der Waals surface area contributed by atoms with Crippen molar-refractivity contribution in [3.05, 3.63) is 30.1 Å². The highest BCUT2D eigenvalue weighted by Crippen LogP contribution is 2.29. The standard InChI is InChI=1S/C14H18FN3O2/c1-14(13(16)20)8-18(9-14)6-5-12(19)17-11-4-2-3-10(15)7-11/h2-4,7H,5-6,8-9H2,1H3,(H2,16,20)(H,17,19). The smallest absolute Gasteiger partial charge is 0.225 e. The fourth-order valence-corrected chi connectivity index (χ4v) is 2.30. The third-order valence-corrected chi connectivity index (χ3v) is 3.50. The Kier molecular flexibility index (Phi) is 4.04. The van der Waals surface area contributed by atoms with Gasteiger partial charge in [-0.1, -0.05) is 6.07 Å². The van der Waals surface area contributed by atoms with Crippen LogP contribution in [-0.2, 0) is 9.59 Å². The Labute approximate surface area is 116 Å². The van der Waals surface area contributed by atoms with Crippen LogP contribution in [0.3, 0.4) is 0 Å². The summed E-state index contributed by atoms with van der Waals surface area (Å²) in [6.45, 7) is 3.54. The zero-order chi connectivity index (χ0) is 14.8. The zero-order valence-corrected chi connectivity index (χ0v) is 11.4. The van der Waals surface area contributed by atoms with Crippen LogP contribution in [0.5, 0.6) is 0 Å². The molecule has 5 nitrogen and oxygen atoms in total. The van der Waals surface area contributed by atoms with E-state index in [1.165, 1.54) is 12.1 Å². The van der Waals surface area contributed by atoms with Crippen LogP contribution in [-0.4, -0.2) is 36.3 Å². The third kappa shape index (κ3) is 3.33. The molecule has 0 spiro atoms. The fraction of sp³-hybridized carbons (Fsp3) is 0.429. The van der Waals surface area contributed by atoms with Crippen molar-refractivity contribution in [2.45, 2.75) is 13.3 Å². The first-order valence-electron chi connectivity index (χ1n) is 6.47. The summed E-state index contributed by atoms with van der Waals surface area (Å²) in [5, 5.41) is 2.63. The fourth-order valence-electron chi connectivity index (χ4n) is 2.30. The van der Waals surface area contributed by atoms with E-state index in [1.54, 1.807) is 12.1 Å². The summed E-state index contributed by atoms with van der Waals surface area (Å²) in [6, 6.07) is 5.76. The SMILES string of the molecule is CC1(C(N)=O)CN(CCC(=O)Nc2cccc(F)c2)C1. The second-order valence-corrected chi connectivity index (χ2v) is 5.44. The summed E-state index contributed by atoms with van der Waals surface area (Å²) >= 11 is 0. The Morgan fingerprint density at radius 2 is 2.15 bits per heavy atom. The average molecular weight is 279 g/mol. The van der Waals surface area contributed by atoms with Gasteiger partial charge in [0.25, 0.3) is 0 Å². The molecule has 1 heterocycles. The van der Waals surface area contributed by atoms with Gasteiger partial charge < -0.3 is 16.0 Å². The van der Waals surface area contributed by atoms with E-state index in [0.29, 0.717) is 31.7 Å². The van der Waals surface area contributed by atoms with Gasteiger partial charge >= 0.3 is 0 Å². The van der Waals surface area contributed by atoms with Gasteiger partial charge in [-0.05, 0) is 25.1 Å². The Morgan fingerprint density at radius 3 is 2.75 bits per heavy atom. The number of halogens is 1. The van der Waals surface area contributed by atoms with E-state index >= 15 is 0 Å². The molecule has 1 aliphatic rings. The van der Waals surface area contributed by atoms with Crippen LogP contribution in [0.4, 0.5) is 10.1 Å². The largest absolute Gasteiger partial charge is 0.369 e. The van der Waals surface area contributed by atoms with Gasteiger partial charge in [-0.15, -0.1) is 0 Å². The van der Waals surface area contributed by atoms with Crippen molar-refractivity contribution < 1.29 is 14.0 Å². The molecule has 0 aromatic heterocycles. The molecule has 2 rings (SSSR count). The average Bonchev–Trinajstić information content (AvgIpc) is 2.33. The van der Waals surface area contributed by atoms with Crippen LogP contribution >= 0.6 is 0 Å². The normalized spacial score (nSPS) is 17.3. The van der Waals surface area contributed by atoms with E-state index in [4.69, 9.17) is 5.73 Å². The lowest BCUT2D eigenvalue weighted by molar-refractivity contribution is -0.136. The Hall–Kier alpha value is -1.95. The predicted molar refractivity (Wildman–Crippen MR) is 73.4 cm³/mol. The third-order valence-electron chi connectivity index (χ3n) is 3.50. The molecule has 0 aliphatic carbocycles. The predicted octanol–water partition coefficient (Wildman–Crippen LogP) is 0.961. The van der Waals surface area contributed by atoms with Crippen LogP contribution in [0.25, 0.3) is 0 Å². The molecule has 1 aliphatic heterocycles. The quantitative estimate of drug-likeness (QED) is 0.843. The summed E-state index contributed by atoms with van der Waals surface area (Å²) in [7, 11) is 0. The molecule has 1 aromatic rings. The zero-order valence-electron chi connectivity index (χ0n) is 11.4. The molecule has 0 atom stereocenters. The summed E-state index contributed by atoms with van der Waals surface area (Å²) in [6.07, 6.45) is 0.297. The van der Waals surface area contributed by atoms with Crippen molar-refractivity contribution >= 4 is 17.5 Å².